The van der Waals surface area contributed by atoms with Crippen molar-refractivity contribution in [3.05, 3.63) is 18.2 Å². The molecule has 1 aromatic heterocycles. The Balaban J connectivity index is 1.91. The maximum Gasteiger partial charge on any atom is 0.109 e. The topological polar surface area (TPSA) is 29.9 Å². The molecule has 1 aliphatic rings. The molecule has 1 aliphatic carbocycles. The highest BCUT2D eigenvalue weighted by atomic mass is 15.0. The van der Waals surface area contributed by atoms with Gasteiger partial charge in [-0.25, -0.2) is 4.98 Å². The third kappa shape index (κ3) is 3.59. The van der Waals surface area contributed by atoms with Gasteiger partial charge in [0.2, 0.25) is 0 Å². The monoisotopic (exact) mass is 263 g/mol. The van der Waals surface area contributed by atoms with Crippen LogP contribution in [0.1, 0.15) is 45.4 Å². The summed E-state index contributed by atoms with van der Waals surface area (Å²) in [4.78, 5) is 4.46. The van der Waals surface area contributed by atoms with Gasteiger partial charge in [-0.2, -0.15) is 0 Å². The van der Waals surface area contributed by atoms with Gasteiger partial charge in [0.1, 0.15) is 5.82 Å². The first kappa shape index (κ1) is 14.6. The lowest BCUT2D eigenvalue weighted by atomic mass is 9.74. The molecule has 108 valence electrons. The quantitative estimate of drug-likeness (QED) is 0.885. The predicted molar refractivity (Wildman–Crippen MR) is 80.0 cm³/mol. The maximum atomic E-state index is 4.46. The lowest BCUT2D eigenvalue weighted by Gasteiger charge is -2.35. The van der Waals surface area contributed by atoms with E-state index < -0.39 is 0 Å². The van der Waals surface area contributed by atoms with Gasteiger partial charge >= 0.3 is 0 Å². The molecule has 1 saturated carbocycles. The molecule has 1 heterocycles. The summed E-state index contributed by atoms with van der Waals surface area (Å²) in [7, 11) is 4.19. The number of likely N-dealkylation sites (N-methyl/N-ethyl adjacent to an activating group) is 1. The van der Waals surface area contributed by atoms with Crippen LogP contribution < -0.4 is 5.32 Å². The number of nitrogens with zero attached hydrogens (tertiary/aromatic N) is 2. The number of nitrogens with one attached hydrogen (secondary N) is 1. The smallest absolute Gasteiger partial charge is 0.109 e. The molecule has 1 unspecified atom stereocenters. The van der Waals surface area contributed by atoms with Gasteiger partial charge in [0.25, 0.3) is 0 Å². The van der Waals surface area contributed by atoms with E-state index in [4.69, 9.17) is 0 Å². The number of hydrogen-bond acceptors (Lipinski definition) is 2. The molecule has 3 heteroatoms. The van der Waals surface area contributed by atoms with Crippen LogP contribution in [0.4, 0.5) is 0 Å². The molecule has 0 aromatic carbocycles. The summed E-state index contributed by atoms with van der Waals surface area (Å²) in [5.41, 5.74) is 0. The van der Waals surface area contributed by atoms with Gasteiger partial charge in [-0.1, -0.05) is 13.8 Å². The lowest BCUT2D eigenvalue weighted by Crippen LogP contribution is -2.38. The van der Waals surface area contributed by atoms with E-state index in [0.29, 0.717) is 6.04 Å². The summed E-state index contributed by atoms with van der Waals surface area (Å²) >= 11 is 0. The zero-order valence-electron chi connectivity index (χ0n) is 12.9. The van der Waals surface area contributed by atoms with Crippen molar-refractivity contribution in [1.29, 1.82) is 0 Å². The molecule has 0 saturated heterocycles. The second kappa shape index (κ2) is 6.56. The Morgan fingerprint density at radius 2 is 1.89 bits per heavy atom. The Kier molecular flexibility index (Phi) is 5.03. The van der Waals surface area contributed by atoms with Crippen LogP contribution in [-0.2, 0) is 13.5 Å². The van der Waals surface area contributed by atoms with Crippen LogP contribution in [0.5, 0.6) is 0 Å². The normalized spacial score (nSPS) is 25.7. The standard InChI is InChI=1S/C16H29N3/c1-12(2)13-5-7-14(8-6-13)15(17-3)11-16-18-9-10-19(16)4/h9-10,12-15,17H,5-8,11H2,1-4H3. The Bertz CT molecular complexity index is 375. The van der Waals surface area contributed by atoms with Gasteiger partial charge < -0.3 is 9.88 Å². The molecule has 0 aliphatic heterocycles. The molecule has 1 fully saturated rings. The molecule has 3 nitrogen and oxygen atoms in total. The SMILES string of the molecule is CNC(Cc1nccn1C)C1CCC(C(C)C)CC1. The molecule has 0 amide bonds. The molecule has 1 aromatic rings. The molecule has 19 heavy (non-hydrogen) atoms. The van der Waals surface area contributed by atoms with E-state index in [1.807, 2.05) is 12.4 Å². The molecule has 1 N–H and O–H groups in total. The van der Waals surface area contributed by atoms with E-state index in [-0.39, 0.29) is 0 Å². The lowest BCUT2D eigenvalue weighted by molar-refractivity contribution is 0.190. The van der Waals surface area contributed by atoms with E-state index in [2.05, 4.69) is 42.8 Å². The zero-order valence-corrected chi connectivity index (χ0v) is 12.9. The minimum atomic E-state index is 0.578. The number of aromatic nitrogens is 2. The molecule has 0 bridgehead atoms. The van der Waals surface area contributed by atoms with Gasteiger partial charge in [-0.05, 0) is 50.5 Å². The van der Waals surface area contributed by atoms with Crippen LogP contribution in [0.15, 0.2) is 12.4 Å². The molecule has 0 spiro atoms. The fraction of sp³-hybridized carbons (Fsp3) is 0.812. The molecule has 1 atom stereocenters. The summed E-state index contributed by atoms with van der Waals surface area (Å²) in [5, 5.41) is 3.53. The van der Waals surface area contributed by atoms with E-state index in [1.165, 1.54) is 31.5 Å². The van der Waals surface area contributed by atoms with Gasteiger partial charge in [-0.15, -0.1) is 0 Å². The van der Waals surface area contributed by atoms with Crippen molar-refractivity contribution in [2.24, 2.45) is 24.8 Å². The largest absolute Gasteiger partial charge is 0.338 e. The Hall–Kier alpha value is -0.830. The average Bonchev–Trinajstić information content (AvgIpc) is 2.81. The van der Waals surface area contributed by atoms with Crippen molar-refractivity contribution in [2.45, 2.75) is 52.0 Å². The van der Waals surface area contributed by atoms with Crippen LogP contribution >= 0.6 is 0 Å². The first-order valence-electron chi connectivity index (χ1n) is 7.75. The van der Waals surface area contributed by atoms with Crippen molar-refractivity contribution < 1.29 is 0 Å². The van der Waals surface area contributed by atoms with Gasteiger partial charge in [-0.3, -0.25) is 0 Å². The molecular formula is C16H29N3. The minimum absolute atomic E-state index is 0.578. The first-order valence-corrected chi connectivity index (χ1v) is 7.75. The summed E-state index contributed by atoms with van der Waals surface area (Å²) in [5.74, 6) is 3.81. The maximum absolute atomic E-state index is 4.46. The van der Waals surface area contributed by atoms with Gasteiger partial charge in [0.05, 0.1) is 0 Å². The van der Waals surface area contributed by atoms with Gasteiger partial charge in [0, 0.05) is 31.9 Å². The van der Waals surface area contributed by atoms with Crippen molar-refractivity contribution in [3.8, 4) is 0 Å². The van der Waals surface area contributed by atoms with Crippen LogP contribution in [0.25, 0.3) is 0 Å². The van der Waals surface area contributed by atoms with Crippen LogP contribution in [0.3, 0.4) is 0 Å². The highest BCUT2D eigenvalue weighted by molar-refractivity contribution is 4.96. The third-order valence-corrected chi connectivity index (χ3v) is 5.02. The second-order valence-electron chi connectivity index (χ2n) is 6.47. The van der Waals surface area contributed by atoms with Crippen molar-refractivity contribution in [2.75, 3.05) is 7.05 Å². The van der Waals surface area contributed by atoms with E-state index in [1.54, 1.807) is 0 Å². The van der Waals surface area contributed by atoms with Crippen LogP contribution in [-0.4, -0.2) is 22.6 Å². The Morgan fingerprint density at radius 3 is 2.37 bits per heavy atom. The van der Waals surface area contributed by atoms with Crippen LogP contribution in [0, 0.1) is 17.8 Å². The summed E-state index contributed by atoms with van der Waals surface area (Å²) in [6.45, 7) is 4.74. The molecule has 0 radical (unpaired) electrons. The summed E-state index contributed by atoms with van der Waals surface area (Å²) in [6, 6.07) is 0.578. The number of rotatable bonds is 5. The predicted octanol–water partition coefficient (Wildman–Crippen LogP) is 3.01. The average molecular weight is 263 g/mol. The van der Waals surface area contributed by atoms with Crippen molar-refractivity contribution in [3.63, 3.8) is 0 Å². The van der Waals surface area contributed by atoms with Crippen molar-refractivity contribution >= 4 is 0 Å². The Morgan fingerprint density at radius 1 is 1.26 bits per heavy atom. The Labute approximate surface area is 117 Å². The molecular weight excluding hydrogens is 234 g/mol. The summed E-state index contributed by atoms with van der Waals surface area (Å²) in [6.07, 6.45) is 10.5. The second-order valence-corrected chi connectivity index (χ2v) is 6.47. The van der Waals surface area contributed by atoms with E-state index in [9.17, 15) is 0 Å². The van der Waals surface area contributed by atoms with Crippen LogP contribution in [0.2, 0.25) is 0 Å². The number of aryl methyl sites for hydroxylation is 1. The number of imidazole rings is 1. The third-order valence-electron chi connectivity index (χ3n) is 5.02. The van der Waals surface area contributed by atoms with Crippen molar-refractivity contribution in [1.82, 2.24) is 14.9 Å². The summed E-state index contributed by atoms with van der Waals surface area (Å²) < 4.78 is 2.14. The van der Waals surface area contributed by atoms with E-state index >= 15 is 0 Å². The zero-order chi connectivity index (χ0) is 13.8. The first-order chi connectivity index (χ1) is 9.11. The minimum Gasteiger partial charge on any atom is -0.338 e. The highest BCUT2D eigenvalue weighted by Gasteiger charge is 2.28. The molecule has 2 rings (SSSR count). The van der Waals surface area contributed by atoms with Gasteiger partial charge in [0.15, 0.2) is 0 Å². The van der Waals surface area contributed by atoms with E-state index in [0.717, 1.165) is 24.2 Å². The highest BCUT2D eigenvalue weighted by Crippen LogP contribution is 2.35. The fourth-order valence-electron chi connectivity index (χ4n) is 3.51. The fourth-order valence-corrected chi connectivity index (χ4v) is 3.51. The number of hydrogen-bond donors (Lipinski definition) is 1.